The Morgan fingerprint density at radius 3 is 3.04 bits per heavy atom. The van der Waals surface area contributed by atoms with Crippen LogP contribution in [0.4, 0.5) is 0 Å². The van der Waals surface area contributed by atoms with Gasteiger partial charge in [0.2, 0.25) is 0 Å². The first-order chi connectivity index (χ1) is 11.6. The predicted octanol–water partition coefficient (Wildman–Crippen LogP) is 1.63. The van der Waals surface area contributed by atoms with E-state index in [1.54, 1.807) is 11.0 Å². The highest BCUT2D eigenvalue weighted by atomic mass is 16.5. The molecular formula is C18H23N3O3. The number of piperidine rings is 1. The van der Waals surface area contributed by atoms with E-state index in [4.69, 9.17) is 4.52 Å². The lowest BCUT2D eigenvalue weighted by Crippen LogP contribution is -2.57. The van der Waals surface area contributed by atoms with Gasteiger partial charge in [0.05, 0.1) is 5.69 Å². The van der Waals surface area contributed by atoms with Crippen molar-refractivity contribution in [1.82, 2.24) is 15.4 Å². The first kappa shape index (κ1) is 16.7. The fourth-order valence-corrected chi connectivity index (χ4v) is 3.14. The Kier molecular flexibility index (Phi) is 4.97. The van der Waals surface area contributed by atoms with Crippen LogP contribution in [0.5, 0.6) is 0 Å². The number of hydrogen-bond acceptors (Lipinski definition) is 5. The van der Waals surface area contributed by atoms with Crippen molar-refractivity contribution in [3.8, 4) is 0 Å². The van der Waals surface area contributed by atoms with Gasteiger partial charge in [-0.05, 0) is 25.3 Å². The Morgan fingerprint density at radius 2 is 2.29 bits per heavy atom. The Labute approximate surface area is 141 Å². The molecule has 24 heavy (non-hydrogen) atoms. The molecule has 0 aliphatic carbocycles. The summed E-state index contributed by atoms with van der Waals surface area (Å²) in [5.41, 5.74) is 1.65. The number of aromatic nitrogens is 1. The second-order valence-corrected chi connectivity index (χ2v) is 6.45. The molecule has 1 aliphatic heterocycles. The third kappa shape index (κ3) is 3.83. The van der Waals surface area contributed by atoms with Gasteiger partial charge in [0.1, 0.15) is 6.26 Å². The molecule has 2 N–H and O–H groups in total. The van der Waals surface area contributed by atoms with Crippen LogP contribution in [0.2, 0.25) is 0 Å². The van der Waals surface area contributed by atoms with Gasteiger partial charge >= 0.3 is 0 Å². The van der Waals surface area contributed by atoms with E-state index >= 15 is 0 Å². The molecule has 0 unspecified atom stereocenters. The van der Waals surface area contributed by atoms with Crippen LogP contribution < -0.4 is 5.32 Å². The largest absolute Gasteiger partial charge is 0.379 e. The maximum absolute atomic E-state index is 12.7. The number of nitrogens with one attached hydrogen (secondary N) is 1. The summed E-state index contributed by atoms with van der Waals surface area (Å²) in [6, 6.07) is 9.86. The van der Waals surface area contributed by atoms with Crippen LogP contribution in [0.1, 0.15) is 29.7 Å². The summed E-state index contributed by atoms with van der Waals surface area (Å²) in [6.07, 6.45) is 2.77. The summed E-state index contributed by atoms with van der Waals surface area (Å²) in [4.78, 5) is 14.5. The minimum atomic E-state index is -1.36. The molecule has 3 rings (SSSR count). The van der Waals surface area contributed by atoms with Crippen LogP contribution in [0, 0.1) is 6.92 Å². The van der Waals surface area contributed by atoms with Crippen LogP contribution in [-0.4, -0.2) is 39.8 Å². The highest BCUT2D eigenvalue weighted by Gasteiger charge is 2.41. The average Bonchev–Trinajstić information content (AvgIpc) is 3.06. The maximum Gasteiger partial charge on any atom is 0.256 e. The highest BCUT2D eigenvalue weighted by Crippen LogP contribution is 2.24. The van der Waals surface area contributed by atoms with E-state index in [0.29, 0.717) is 26.1 Å². The molecule has 128 valence electrons. The molecule has 1 atom stereocenters. The quantitative estimate of drug-likeness (QED) is 0.842. The first-order valence-corrected chi connectivity index (χ1v) is 8.24. The monoisotopic (exact) mass is 329 g/mol. The molecule has 2 aromatic rings. The van der Waals surface area contributed by atoms with Gasteiger partial charge in [-0.1, -0.05) is 35.0 Å². The zero-order valence-electron chi connectivity index (χ0n) is 13.9. The van der Waals surface area contributed by atoms with Gasteiger partial charge in [-0.3, -0.25) is 4.79 Å². The number of benzene rings is 1. The summed E-state index contributed by atoms with van der Waals surface area (Å²) in [7, 11) is 0. The van der Waals surface area contributed by atoms with Crippen molar-refractivity contribution in [2.45, 2.75) is 38.5 Å². The predicted molar refractivity (Wildman–Crippen MR) is 89.0 cm³/mol. The van der Waals surface area contributed by atoms with Gasteiger partial charge in [0, 0.05) is 32.2 Å². The number of carbonyl (C=O) groups excluding carboxylic acids is 1. The van der Waals surface area contributed by atoms with Gasteiger partial charge in [-0.15, -0.1) is 0 Å². The van der Waals surface area contributed by atoms with E-state index in [-0.39, 0.29) is 12.5 Å². The van der Waals surface area contributed by atoms with Crippen molar-refractivity contribution < 1.29 is 14.4 Å². The zero-order chi connectivity index (χ0) is 17.0. The number of amides is 1. The lowest BCUT2D eigenvalue weighted by molar-refractivity contribution is -0.157. The van der Waals surface area contributed by atoms with Crippen molar-refractivity contribution in [3.63, 3.8) is 0 Å². The topological polar surface area (TPSA) is 78.6 Å². The SMILES string of the molecule is Cc1cccc(CN2CCC[C@@](O)(CNCc3ccon3)C2=O)c1. The van der Waals surface area contributed by atoms with E-state index in [1.165, 1.54) is 11.8 Å². The van der Waals surface area contributed by atoms with E-state index in [9.17, 15) is 9.90 Å². The van der Waals surface area contributed by atoms with Crippen LogP contribution >= 0.6 is 0 Å². The molecule has 1 aromatic carbocycles. The standard InChI is InChI=1S/C18H23N3O3/c1-14-4-2-5-15(10-14)12-21-8-3-7-18(23,17(21)22)13-19-11-16-6-9-24-20-16/h2,4-6,9-10,19,23H,3,7-8,11-13H2,1H3/t18-/m1/s1. The normalized spacial score (nSPS) is 21.2. The Balaban J connectivity index is 1.60. The second kappa shape index (κ2) is 7.15. The van der Waals surface area contributed by atoms with Crippen molar-refractivity contribution in [2.75, 3.05) is 13.1 Å². The lowest BCUT2D eigenvalue weighted by Gasteiger charge is -2.38. The fraction of sp³-hybridized carbons (Fsp3) is 0.444. The molecule has 0 saturated carbocycles. The van der Waals surface area contributed by atoms with E-state index < -0.39 is 5.60 Å². The molecule has 0 bridgehead atoms. The number of hydrogen-bond donors (Lipinski definition) is 2. The average molecular weight is 329 g/mol. The van der Waals surface area contributed by atoms with Gasteiger partial charge in [0.25, 0.3) is 5.91 Å². The molecular weight excluding hydrogens is 306 g/mol. The summed E-state index contributed by atoms with van der Waals surface area (Å²) < 4.78 is 4.77. The summed E-state index contributed by atoms with van der Waals surface area (Å²) in [6.45, 7) is 3.92. The first-order valence-electron chi connectivity index (χ1n) is 8.24. The molecule has 1 aromatic heterocycles. The third-order valence-electron chi connectivity index (χ3n) is 4.37. The highest BCUT2D eigenvalue weighted by molar-refractivity contribution is 5.86. The van der Waals surface area contributed by atoms with Gasteiger partial charge in [-0.2, -0.15) is 0 Å². The van der Waals surface area contributed by atoms with Crippen molar-refractivity contribution in [3.05, 3.63) is 53.4 Å². The fourth-order valence-electron chi connectivity index (χ4n) is 3.14. The van der Waals surface area contributed by atoms with Crippen LogP contribution in [0.25, 0.3) is 0 Å². The Bertz CT molecular complexity index is 687. The summed E-state index contributed by atoms with van der Waals surface area (Å²) >= 11 is 0. The van der Waals surface area contributed by atoms with Crippen LogP contribution in [0.15, 0.2) is 41.1 Å². The van der Waals surface area contributed by atoms with Gasteiger partial charge in [-0.25, -0.2) is 0 Å². The molecule has 6 nitrogen and oxygen atoms in total. The minimum absolute atomic E-state index is 0.206. The smallest absolute Gasteiger partial charge is 0.256 e. The molecule has 1 aliphatic rings. The molecule has 2 heterocycles. The molecule has 6 heteroatoms. The Morgan fingerprint density at radius 1 is 1.42 bits per heavy atom. The van der Waals surface area contributed by atoms with E-state index in [0.717, 1.165) is 17.7 Å². The Hall–Kier alpha value is -2.18. The second-order valence-electron chi connectivity index (χ2n) is 6.45. The zero-order valence-corrected chi connectivity index (χ0v) is 13.9. The molecule has 1 saturated heterocycles. The lowest BCUT2D eigenvalue weighted by atomic mass is 9.91. The maximum atomic E-state index is 12.7. The summed E-state index contributed by atoms with van der Waals surface area (Å²) in [5.74, 6) is -0.206. The van der Waals surface area contributed by atoms with Crippen molar-refractivity contribution >= 4 is 5.91 Å². The molecule has 0 spiro atoms. The van der Waals surface area contributed by atoms with Gasteiger partial charge < -0.3 is 19.8 Å². The number of carbonyl (C=O) groups is 1. The van der Waals surface area contributed by atoms with Gasteiger partial charge in [0.15, 0.2) is 5.60 Å². The van der Waals surface area contributed by atoms with Crippen molar-refractivity contribution in [1.29, 1.82) is 0 Å². The number of aliphatic hydroxyl groups is 1. The molecule has 0 radical (unpaired) electrons. The van der Waals surface area contributed by atoms with E-state index in [2.05, 4.69) is 16.5 Å². The third-order valence-corrected chi connectivity index (χ3v) is 4.37. The van der Waals surface area contributed by atoms with Crippen LogP contribution in [-0.2, 0) is 17.9 Å². The van der Waals surface area contributed by atoms with Crippen molar-refractivity contribution in [2.24, 2.45) is 0 Å². The minimum Gasteiger partial charge on any atom is -0.379 e. The van der Waals surface area contributed by atoms with E-state index in [1.807, 2.05) is 25.1 Å². The number of nitrogens with zero attached hydrogens (tertiary/aromatic N) is 2. The number of likely N-dealkylation sites (tertiary alicyclic amines) is 1. The number of aryl methyl sites for hydroxylation is 1. The van der Waals surface area contributed by atoms with Crippen LogP contribution in [0.3, 0.4) is 0 Å². The molecule has 1 amide bonds. The summed E-state index contributed by atoms with van der Waals surface area (Å²) in [5, 5.41) is 17.7. The molecule has 1 fully saturated rings. The number of rotatable bonds is 6.